The van der Waals surface area contributed by atoms with Gasteiger partial charge in [0.05, 0.1) is 6.10 Å². The molecule has 0 bridgehead atoms. The molecule has 1 saturated heterocycles. The van der Waals surface area contributed by atoms with Gasteiger partial charge in [0.25, 0.3) is 0 Å². The van der Waals surface area contributed by atoms with E-state index in [4.69, 9.17) is 9.73 Å². The molecule has 154 valence electrons. The maximum atomic E-state index is 6.09. The second kappa shape index (κ2) is 9.37. The fourth-order valence-corrected chi connectivity index (χ4v) is 3.89. The summed E-state index contributed by atoms with van der Waals surface area (Å²) in [5.74, 6) is 2.27. The van der Waals surface area contributed by atoms with E-state index in [0.717, 1.165) is 56.5 Å². The second-order valence-electron chi connectivity index (χ2n) is 8.50. The molecule has 7 heteroatoms. The number of fused-ring (bicyclic) bond motifs is 1. The zero-order chi connectivity index (χ0) is 20.0. The number of hydrogen-bond acceptors (Lipinski definition) is 4. The molecule has 0 spiro atoms. The van der Waals surface area contributed by atoms with Crippen molar-refractivity contribution < 1.29 is 4.74 Å². The van der Waals surface area contributed by atoms with Gasteiger partial charge >= 0.3 is 0 Å². The Morgan fingerprint density at radius 1 is 1.29 bits per heavy atom. The summed E-state index contributed by atoms with van der Waals surface area (Å²) in [5.41, 5.74) is 1.02. The van der Waals surface area contributed by atoms with Gasteiger partial charge in [-0.1, -0.05) is 26.8 Å². The lowest BCUT2D eigenvalue weighted by Gasteiger charge is -2.39. The molecule has 0 aromatic carbocycles. The summed E-state index contributed by atoms with van der Waals surface area (Å²) in [5, 5.41) is 15.3. The van der Waals surface area contributed by atoms with Crippen LogP contribution in [0.15, 0.2) is 29.4 Å². The van der Waals surface area contributed by atoms with Gasteiger partial charge in [-0.05, 0) is 37.3 Å². The van der Waals surface area contributed by atoms with Gasteiger partial charge in [0.15, 0.2) is 11.6 Å². The minimum Gasteiger partial charge on any atom is -0.377 e. The van der Waals surface area contributed by atoms with Gasteiger partial charge in [-0.2, -0.15) is 0 Å². The van der Waals surface area contributed by atoms with E-state index in [1.165, 1.54) is 6.42 Å². The monoisotopic (exact) mass is 386 g/mol. The molecule has 0 radical (unpaired) electrons. The van der Waals surface area contributed by atoms with Gasteiger partial charge in [-0.3, -0.25) is 9.39 Å². The number of pyridine rings is 1. The van der Waals surface area contributed by atoms with Crippen LogP contribution in [0.3, 0.4) is 0 Å². The Morgan fingerprint density at radius 3 is 2.93 bits per heavy atom. The van der Waals surface area contributed by atoms with Crippen LogP contribution in [-0.4, -0.2) is 52.9 Å². The lowest BCUT2D eigenvalue weighted by Crippen LogP contribution is -2.43. The predicted octanol–water partition coefficient (Wildman–Crippen LogP) is 2.67. The average Bonchev–Trinajstić information content (AvgIpc) is 3.09. The van der Waals surface area contributed by atoms with Gasteiger partial charge in [-0.15, -0.1) is 10.2 Å². The van der Waals surface area contributed by atoms with Gasteiger partial charge in [0, 0.05) is 44.8 Å². The highest BCUT2D eigenvalue weighted by atomic mass is 16.5. The Labute approximate surface area is 168 Å². The van der Waals surface area contributed by atoms with E-state index >= 15 is 0 Å². The zero-order valence-electron chi connectivity index (χ0n) is 17.6. The first kappa shape index (κ1) is 20.6. The van der Waals surface area contributed by atoms with E-state index in [0.29, 0.717) is 5.92 Å². The average molecular weight is 387 g/mol. The summed E-state index contributed by atoms with van der Waals surface area (Å²) in [7, 11) is 0. The first-order chi connectivity index (χ1) is 13.5. The molecule has 3 heterocycles. The van der Waals surface area contributed by atoms with Crippen LogP contribution in [0.1, 0.15) is 46.4 Å². The number of nitrogens with zero attached hydrogens (tertiary/aromatic N) is 4. The highest BCUT2D eigenvalue weighted by Gasteiger charge is 2.35. The smallest absolute Gasteiger partial charge is 0.191 e. The molecular formula is C21H34N6O. The van der Waals surface area contributed by atoms with Crippen molar-refractivity contribution in [1.29, 1.82) is 0 Å². The first-order valence-corrected chi connectivity index (χ1v) is 10.4. The van der Waals surface area contributed by atoms with Gasteiger partial charge in [0.1, 0.15) is 5.82 Å². The van der Waals surface area contributed by atoms with Crippen LogP contribution in [0.5, 0.6) is 0 Å². The van der Waals surface area contributed by atoms with Crippen molar-refractivity contribution in [2.45, 2.75) is 53.1 Å². The molecule has 7 nitrogen and oxygen atoms in total. The van der Waals surface area contributed by atoms with Crippen LogP contribution in [0.4, 0.5) is 0 Å². The molecule has 0 amide bonds. The van der Waals surface area contributed by atoms with Crippen molar-refractivity contribution in [1.82, 2.24) is 25.2 Å². The molecule has 0 saturated carbocycles. The van der Waals surface area contributed by atoms with E-state index in [9.17, 15) is 0 Å². The van der Waals surface area contributed by atoms with Gasteiger partial charge in [0.2, 0.25) is 0 Å². The Bertz CT molecular complexity index is 779. The quantitative estimate of drug-likeness (QED) is 0.590. The van der Waals surface area contributed by atoms with E-state index in [-0.39, 0.29) is 11.5 Å². The molecule has 1 aliphatic heterocycles. The van der Waals surface area contributed by atoms with Crippen LogP contribution >= 0.6 is 0 Å². The SMILES string of the molecule is CCNC(=NCC1CCCOC1C(C)(C)C)NCCc1nnc2ccccn12. The summed E-state index contributed by atoms with van der Waals surface area (Å²) in [6.07, 6.45) is 5.34. The largest absolute Gasteiger partial charge is 0.377 e. The third kappa shape index (κ3) is 5.22. The summed E-state index contributed by atoms with van der Waals surface area (Å²) >= 11 is 0. The normalized spacial score (nSPS) is 21.1. The first-order valence-electron chi connectivity index (χ1n) is 10.4. The Balaban J connectivity index is 1.58. The van der Waals surface area contributed by atoms with Crippen molar-refractivity contribution in [2.24, 2.45) is 16.3 Å². The summed E-state index contributed by atoms with van der Waals surface area (Å²) in [4.78, 5) is 4.85. The molecule has 2 atom stereocenters. The third-order valence-corrected chi connectivity index (χ3v) is 5.15. The third-order valence-electron chi connectivity index (χ3n) is 5.15. The summed E-state index contributed by atoms with van der Waals surface area (Å²) in [6.45, 7) is 12.1. The Kier molecular flexibility index (Phi) is 6.88. The Hall–Kier alpha value is -2.15. The fourth-order valence-electron chi connectivity index (χ4n) is 3.89. The molecule has 3 rings (SSSR count). The van der Waals surface area contributed by atoms with E-state index in [1.807, 2.05) is 28.8 Å². The molecule has 1 aliphatic rings. The lowest BCUT2D eigenvalue weighted by molar-refractivity contribution is -0.0823. The number of aromatic nitrogens is 3. The van der Waals surface area contributed by atoms with Crippen LogP contribution in [-0.2, 0) is 11.2 Å². The maximum Gasteiger partial charge on any atom is 0.191 e. The van der Waals surface area contributed by atoms with Crippen LogP contribution in [0, 0.1) is 11.3 Å². The van der Waals surface area contributed by atoms with Crippen molar-refractivity contribution in [3.63, 3.8) is 0 Å². The zero-order valence-corrected chi connectivity index (χ0v) is 17.6. The topological polar surface area (TPSA) is 75.8 Å². The highest BCUT2D eigenvalue weighted by molar-refractivity contribution is 5.79. The molecule has 2 N–H and O–H groups in total. The molecule has 2 aromatic rings. The number of aliphatic imine (C=N–C) groups is 1. The molecule has 1 fully saturated rings. The van der Waals surface area contributed by atoms with E-state index < -0.39 is 0 Å². The molecule has 2 aromatic heterocycles. The Morgan fingerprint density at radius 2 is 2.14 bits per heavy atom. The molecule has 2 unspecified atom stereocenters. The van der Waals surface area contributed by atoms with Crippen LogP contribution in [0.25, 0.3) is 5.65 Å². The molecule has 28 heavy (non-hydrogen) atoms. The van der Waals surface area contributed by atoms with Gasteiger partial charge in [-0.25, -0.2) is 0 Å². The summed E-state index contributed by atoms with van der Waals surface area (Å²) in [6, 6.07) is 5.94. The number of hydrogen-bond donors (Lipinski definition) is 2. The van der Waals surface area contributed by atoms with E-state index in [2.05, 4.69) is 48.5 Å². The fraction of sp³-hybridized carbons (Fsp3) is 0.667. The minimum absolute atomic E-state index is 0.140. The minimum atomic E-state index is 0.140. The highest BCUT2D eigenvalue weighted by Crippen LogP contribution is 2.34. The maximum absolute atomic E-state index is 6.09. The number of ether oxygens (including phenoxy) is 1. The molecule has 0 aliphatic carbocycles. The second-order valence-corrected chi connectivity index (χ2v) is 8.50. The number of guanidine groups is 1. The van der Waals surface area contributed by atoms with Gasteiger partial charge < -0.3 is 15.4 Å². The summed E-state index contributed by atoms with van der Waals surface area (Å²) < 4.78 is 8.12. The van der Waals surface area contributed by atoms with Crippen molar-refractivity contribution in [2.75, 3.05) is 26.2 Å². The lowest BCUT2D eigenvalue weighted by atomic mass is 9.78. The standard InChI is InChI=1S/C21H34N6O/c1-5-22-20(24-15-16-9-8-14-28-19(16)21(2,3)4)23-12-11-18-26-25-17-10-6-7-13-27(17)18/h6-7,10,13,16,19H,5,8-9,11-12,14-15H2,1-4H3,(H2,22,23,24). The van der Waals surface area contributed by atoms with E-state index in [1.54, 1.807) is 0 Å². The predicted molar refractivity (Wildman–Crippen MR) is 113 cm³/mol. The number of rotatable bonds is 6. The van der Waals surface area contributed by atoms with Crippen LogP contribution in [0.2, 0.25) is 0 Å². The van der Waals surface area contributed by atoms with Crippen molar-refractivity contribution in [3.8, 4) is 0 Å². The van der Waals surface area contributed by atoms with Crippen molar-refractivity contribution >= 4 is 11.6 Å². The van der Waals surface area contributed by atoms with Crippen LogP contribution < -0.4 is 10.6 Å². The molecular weight excluding hydrogens is 352 g/mol. The number of nitrogens with one attached hydrogen (secondary N) is 2. The van der Waals surface area contributed by atoms with Crippen molar-refractivity contribution in [3.05, 3.63) is 30.2 Å².